The summed E-state index contributed by atoms with van der Waals surface area (Å²) in [4.78, 5) is 20.1. The molecule has 0 aliphatic carbocycles. The third-order valence-corrected chi connectivity index (χ3v) is 2.71. The van der Waals surface area contributed by atoms with Crippen molar-refractivity contribution in [3.05, 3.63) is 28.7 Å². The fourth-order valence-corrected chi connectivity index (χ4v) is 1.80. The number of fused-ring (bicyclic) bond motifs is 1. The van der Waals surface area contributed by atoms with Gasteiger partial charge in [0.05, 0.1) is 5.52 Å². The summed E-state index contributed by atoms with van der Waals surface area (Å²) < 4.78 is 1.51. The summed E-state index contributed by atoms with van der Waals surface area (Å²) in [6.45, 7) is 0. The molecule has 14 heavy (non-hydrogen) atoms. The SMILES string of the molecule is CSc1nc2cccnc2c(=O)n1C. The predicted molar refractivity (Wildman–Crippen MR) is 56.6 cm³/mol. The molecule has 5 heteroatoms. The molecule has 2 aromatic heterocycles. The molecule has 0 aromatic carbocycles. The maximum absolute atomic E-state index is 11.8. The van der Waals surface area contributed by atoms with Crippen LogP contribution in [0.4, 0.5) is 0 Å². The van der Waals surface area contributed by atoms with Gasteiger partial charge in [0.25, 0.3) is 5.56 Å². The molecule has 0 bridgehead atoms. The fraction of sp³-hybridized carbons (Fsp3) is 0.222. The van der Waals surface area contributed by atoms with E-state index in [-0.39, 0.29) is 5.56 Å². The summed E-state index contributed by atoms with van der Waals surface area (Å²) in [5, 5.41) is 0.704. The standard InChI is InChI=1S/C9H9N3OS/c1-12-8(13)7-6(4-3-5-10-7)11-9(12)14-2/h3-5H,1-2H3. The number of hydrogen-bond donors (Lipinski definition) is 0. The molecule has 2 heterocycles. The highest BCUT2D eigenvalue weighted by Gasteiger charge is 2.06. The van der Waals surface area contributed by atoms with Crippen LogP contribution in [0.5, 0.6) is 0 Å². The van der Waals surface area contributed by atoms with E-state index in [1.807, 2.05) is 6.26 Å². The van der Waals surface area contributed by atoms with Gasteiger partial charge < -0.3 is 0 Å². The fourth-order valence-electron chi connectivity index (χ4n) is 1.26. The number of aromatic nitrogens is 3. The normalized spacial score (nSPS) is 10.7. The summed E-state index contributed by atoms with van der Waals surface area (Å²) in [6, 6.07) is 3.57. The van der Waals surface area contributed by atoms with Crippen LogP contribution >= 0.6 is 11.8 Å². The van der Waals surface area contributed by atoms with E-state index in [0.29, 0.717) is 16.2 Å². The lowest BCUT2D eigenvalue weighted by molar-refractivity contribution is 0.724. The number of rotatable bonds is 1. The molecule has 0 spiro atoms. The molecule has 4 nitrogen and oxygen atoms in total. The molecular weight excluding hydrogens is 198 g/mol. The lowest BCUT2D eigenvalue weighted by Gasteiger charge is -2.04. The van der Waals surface area contributed by atoms with Crippen molar-refractivity contribution in [3.63, 3.8) is 0 Å². The second-order valence-electron chi connectivity index (χ2n) is 2.83. The lowest BCUT2D eigenvalue weighted by Crippen LogP contribution is -2.20. The molecule has 0 saturated carbocycles. The number of thioether (sulfide) groups is 1. The number of hydrogen-bond acceptors (Lipinski definition) is 4. The third kappa shape index (κ3) is 1.29. The van der Waals surface area contributed by atoms with Crippen molar-refractivity contribution >= 4 is 22.8 Å². The van der Waals surface area contributed by atoms with Crippen LogP contribution in [0.2, 0.25) is 0 Å². The number of nitrogens with zero attached hydrogens (tertiary/aromatic N) is 3. The van der Waals surface area contributed by atoms with E-state index in [0.717, 1.165) is 0 Å². The first-order valence-corrected chi connectivity index (χ1v) is 5.32. The van der Waals surface area contributed by atoms with Crippen molar-refractivity contribution in [2.24, 2.45) is 7.05 Å². The van der Waals surface area contributed by atoms with Gasteiger partial charge in [-0.3, -0.25) is 9.36 Å². The molecule has 0 amide bonds. The second kappa shape index (κ2) is 3.42. The minimum Gasteiger partial charge on any atom is -0.289 e. The summed E-state index contributed by atoms with van der Waals surface area (Å²) in [7, 11) is 1.70. The Bertz CT molecular complexity index is 535. The molecule has 0 unspecified atom stereocenters. The highest BCUT2D eigenvalue weighted by molar-refractivity contribution is 7.98. The van der Waals surface area contributed by atoms with Gasteiger partial charge in [-0.15, -0.1) is 0 Å². The van der Waals surface area contributed by atoms with Gasteiger partial charge in [-0.2, -0.15) is 0 Å². The van der Waals surface area contributed by atoms with Gasteiger partial charge in [0.2, 0.25) is 0 Å². The molecule has 0 fully saturated rings. The van der Waals surface area contributed by atoms with E-state index < -0.39 is 0 Å². The Morgan fingerprint density at radius 1 is 1.50 bits per heavy atom. The minimum absolute atomic E-state index is 0.0973. The van der Waals surface area contributed by atoms with Crippen LogP contribution in [0.25, 0.3) is 11.0 Å². The maximum atomic E-state index is 11.8. The Morgan fingerprint density at radius 3 is 3.00 bits per heavy atom. The Balaban J connectivity index is 2.92. The zero-order chi connectivity index (χ0) is 10.1. The van der Waals surface area contributed by atoms with Crippen molar-refractivity contribution in [2.75, 3.05) is 6.26 Å². The zero-order valence-corrected chi connectivity index (χ0v) is 8.71. The van der Waals surface area contributed by atoms with Crippen LogP contribution in [-0.4, -0.2) is 20.8 Å². The Labute approximate surface area is 85.0 Å². The highest BCUT2D eigenvalue weighted by Crippen LogP contribution is 2.11. The molecule has 0 radical (unpaired) electrons. The lowest BCUT2D eigenvalue weighted by atomic mass is 10.4. The van der Waals surface area contributed by atoms with E-state index in [1.54, 1.807) is 25.4 Å². The topological polar surface area (TPSA) is 47.8 Å². The van der Waals surface area contributed by atoms with Crippen LogP contribution in [0.3, 0.4) is 0 Å². The van der Waals surface area contributed by atoms with Gasteiger partial charge in [0, 0.05) is 13.2 Å². The quantitative estimate of drug-likeness (QED) is 0.518. The predicted octanol–water partition coefficient (Wildman–Crippen LogP) is 1.05. The molecule has 2 rings (SSSR count). The molecule has 0 saturated heterocycles. The number of pyridine rings is 1. The molecule has 0 N–H and O–H groups in total. The summed E-state index contributed by atoms with van der Waals surface area (Å²) >= 11 is 1.45. The average Bonchev–Trinajstić information content (AvgIpc) is 2.23. The molecule has 72 valence electrons. The van der Waals surface area contributed by atoms with Gasteiger partial charge in [-0.05, 0) is 18.4 Å². The summed E-state index contributed by atoms with van der Waals surface area (Å²) in [5.41, 5.74) is 0.979. The van der Waals surface area contributed by atoms with Crippen LogP contribution in [0, 0.1) is 0 Å². The second-order valence-corrected chi connectivity index (χ2v) is 3.61. The Morgan fingerprint density at radius 2 is 2.29 bits per heavy atom. The van der Waals surface area contributed by atoms with Crippen molar-refractivity contribution in [1.29, 1.82) is 0 Å². The Kier molecular flexibility index (Phi) is 2.25. The average molecular weight is 207 g/mol. The van der Waals surface area contributed by atoms with Gasteiger partial charge >= 0.3 is 0 Å². The van der Waals surface area contributed by atoms with Crippen molar-refractivity contribution in [3.8, 4) is 0 Å². The summed E-state index contributed by atoms with van der Waals surface area (Å²) in [5.74, 6) is 0. The van der Waals surface area contributed by atoms with Crippen LogP contribution in [0.15, 0.2) is 28.3 Å². The van der Waals surface area contributed by atoms with Gasteiger partial charge in [0.15, 0.2) is 10.7 Å². The van der Waals surface area contributed by atoms with Crippen molar-refractivity contribution < 1.29 is 0 Å². The van der Waals surface area contributed by atoms with E-state index >= 15 is 0 Å². The van der Waals surface area contributed by atoms with Crippen LogP contribution in [-0.2, 0) is 7.05 Å². The monoisotopic (exact) mass is 207 g/mol. The Hall–Kier alpha value is -1.36. The van der Waals surface area contributed by atoms with Crippen molar-refractivity contribution in [1.82, 2.24) is 14.5 Å². The maximum Gasteiger partial charge on any atom is 0.280 e. The van der Waals surface area contributed by atoms with Crippen molar-refractivity contribution in [2.45, 2.75) is 5.16 Å². The van der Waals surface area contributed by atoms with Gasteiger partial charge in [-0.25, -0.2) is 9.97 Å². The first-order valence-electron chi connectivity index (χ1n) is 4.10. The molecule has 0 atom stereocenters. The zero-order valence-electron chi connectivity index (χ0n) is 7.89. The first kappa shape index (κ1) is 9.21. The minimum atomic E-state index is -0.0973. The molecule has 2 aromatic rings. The van der Waals surface area contributed by atoms with Gasteiger partial charge in [0.1, 0.15) is 0 Å². The smallest absolute Gasteiger partial charge is 0.280 e. The van der Waals surface area contributed by atoms with E-state index in [9.17, 15) is 4.79 Å². The first-order chi connectivity index (χ1) is 6.74. The molecule has 0 aliphatic rings. The van der Waals surface area contributed by atoms with E-state index in [1.165, 1.54) is 16.3 Å². The van der Waals surface area contributed by atoms with E-state index in [2.05, 4.69) is 9.97 Å². The molecular formula is C9H9N3OS. The largest absolute Gasteiger partial charge is 0.289 e. The highest BCUT2D eigenvalue weighted by atomic mass is 32.2. The van der Waals surface area contributed by atoms with Gasteiger partial charge in [-0.1, -0.05) is 11.8 Å². The van der Waals surface area contributed by atoms with Crippen LogP contribution < -0.4 is 5.56 Å². The van der Waals surface area contributed by atoms with E-state index in [4.69, 9.17) is 0 Å². The summed E-state index contributed by atoms with van der Waals surface area (Å²) in [6.07, 6.45) is 3.49. The molecule has 0 aliphatic heterocycles. The third-order valence-electron chi connectivity index (χ3n) is 1.98. The van der Waals surface area contributed by atoms with Crippen LogP contribution in [0.1, 0.15) is 0 Å².